The highest BCUT2D eigenvalue weighted by Crippen LogP contribution is 2.48. The zero-order chi connectivity index (χ0) is 35.8. The number of hydrogen-bond donors (Lipinski definition) is 4. The van der Waals surface area contributed by atoms with Crippen LogP contribution >= 0.6 is 7.75 Å². The van der Waals surface area contributed by atoms with Crippen LogP contribution in [0.5, 0.6) is 5.75 Å². The molecule has 0 saturated carbocycles. The van der Waals surface area contributed by atoms with Crippen LogP contribution in [0.1, 0.15) is 52.1 Å². The second-order valence-electron chi connectivity index (χ2n) is 11.3. The van der Waals surface area contributed by atoms with Crippen molar-refractivity contribution in [3.8, 4) is 11.8 Å². The topological polar surface area (TPSA) is 247 Å². The Balaban J connectivity index is 1.64. The smallest absolute Gasteiger partial charge is 0.459 e. The highest BCUT2D eigenvalue weighted by atomic mass is 31.2. The van der Waals surface area contributed by atoms with E-state index in [9.17, 15) is 29.3 Å². The summed E-state index contributed by atoms with van der Waals surface area (Å²) in [6.07, 6.45) is -3.43. The standard InChI is InChI=1S/C31H39N6O11P/c1-4-20(5-2)15-44-30(42)19(3)36-49(43,48-21-9-7-6-8-10-21)45-16-23-27(46-26(40)14-13-25(38)39)28(41)31(17-32,47-23)24-12-11-22-29(33)34-18-35-37(22)24/h6-12,18-20,23,27-28,41H,4-5,13-16H2,1-3H3,(H,36,43)(H,38,39)(H2,33,34,35). The van der Waals surface area contributed by atoms with Crippen molar-refractivity contribution < 1.29 is 52.4 Å². The van der Waals surface area contributed by atoms with Gasteiger partial charge >= 0.3 is 25.7 Å². The third kappa shape index (κ3) is 8.72. The number of rotatable bonds is 17. The number of ether oxygens (including phenoxy) is 3. The number of nitrogens with one attached hydrogen (secondary N) is 1. The normalized spacial score (nSPS) is 22.2. The van der Waals surface area contributed by atoms with E-state index in [-0.39, 0.29) is 35.3 Å². The molecule has 1 aliphatic rings. The number of hydrogen-bond acceptors (Lipinski definition) is 14. The highest BCUT2D eigenvalue weighted by molar-refractivity contribution is 7.52. The zero-order valence-electron chi connectivity index (χ0n) is 27.1. The van der Waals surface area contributed by atoms with Crippen molar-refractivity contribution in [3.05, 3.63) is 54.5 Å². The largest absolute Gasteiger partial charge is 0.481 e. The van der Waals surface area contributed by atoms with Gasteiger partial charge in [0.15, 0.2) is 11.9 Å². The molecule has 18 heteroatoms. The van der Waals surface area contributed by atoms with Crippen LogP contribution in [0.25, 0.3) is 5.52 Å². The van der Waals surface area contributed by atoms with Crippen LogP contribution in [0.4, 0.5) is 5.82 Å². The summed E-state index contributed by atoms with van der Waals surface area (Å²) in [5.41, 5.74) is 3.99. The number of aromatic nitrogens is 3. The first-order valence-corrected chi connectivity index (χ1v) is 17.1. The fourth-order valence-corrected chi connectivity index (χ4v) is 6.62. The molecule has 6 unspecified atom stereocenters. The molecule has 1 aromatic carbocycles. The van der Waals surface area contributed by atoms with Gasteiger partial charge in [0, 0.05) is 0 Å². The highest BCUT2D eigenvalue weighted by Gasteiger charge is 2.60. The monoisotopic (exact) mass is 702 g/mol. The average Bonchev–Trinajstić information content (AvgIpc) is 3.64. The van der Waals surface area contributed by atoms with Gasteiger partial charge in [0.2, 0.25) is 5.60 Å². The van der Waals surface area contributed by atoms with E-state index in [1.165, 1.54) is 35.7 Å². The van der Waals surface area contributed by atoms with Crippen molar-refractivity contribution in [1.82, 2.24) is 19.7 Å². The summed E-state index contributed by atoms with van der Waals surface area (Å²) in [7, 11) is -4.48. The molecule has 0 radical (unpaired) electrons. The molecule has 0 amide bonds. The summed E-state index contributed by atoms with van der Waals surface area (Å²) in [6, 6.07) is 11.6. The van der Waals surface area contributed by atoms with Gasteiger partial charge in [-0.25, -0.2) is 14.1 Å². The number of carboxylic acid groups (broad SMARTS) is 1. The predicted molar refractivity (Wildman–Crippen MR) is 171 cm³/mol. The number of esters is 2. The molecular formula is C31H39N6O11P. The third-order valence-electron chi connectivity index (χ3n) is 7.97. The van der Waals surface area contributed by atoms with Gasteiger partial charge in [0.25, 0.3) is 0 Å². The molecule has 1 aliphatic heterocycles. The molecule has 1 fully saturated rings. The van der Waals surface area contributed by atoms with Crippen LogP contribution in [0, 0.1) is 17.2 Å². The predicted octanol–water partition coefficient (Wildman–Crippen LogP) is 2.73. The quantitative estimate of drug-likeness (QED) is 0.117. The summed E-state index contributed by atoms with van der Waals surface area (Å²) in [4.78, 5) is 40.5. The van der Waals surface area contributed by atoms with Gasteiger partial charge in [-0.2, -0.15) is 15.4 Å². The molecule has 2 aromatic heterocycles. The van der Waals surface area contributed by atoms with Gasteiger partial charge in [0.05, 0.1) is 31.7 Å². The number of nitrogens with two attached hydrogens (primary N) is 1. The Kier molecular flexibility index (Phi) is 12.3. The third-order valence-corrected chi connectivity index (χ3v) is 9.61. The summed E-state index contributed by atoms with van der Waals surface area (Å²) < 4.78 is 43.8. The minimum atomic E-state index is -4.48. The molecule has 0 spiro atoms. The molecule has 3 aromatic rings. The van der Waals surface area contributed by atoms with Gasteiger partial charge in [0.1, 0.15) is 41.9 Å². The fraction of sp³-hybridized carbons (Fsp3) is 0.484. The van der Waals surface area contributed by atoms with Gasteiger partial charge < -0.3 is 34.7 Å². The maximum Gasteiger partial charge on any atom is 0.459 e. The van der Waals surface area contributed by atoms with Crippen LogP contribution < -0.4 is 15.3 Å². The van der Waals surface area contributed by atoms with E-state index in [2.05, 4.69) is 15.2 Å². The van der Waals surface area contributed by atoms with Crippen LogP contribution in [0.15, 0.2) is 48.8 Å². The number of para-hydroxylation sites is 1. The van der Waals surface area contributed by atoms with Crippen LogP contribution in [0.3, 0.4) is 0 Å². The minimum absolute atomic E-state index is 0.00337. The van der Waals surface area contributed by atoms with Crippen molar-refractivity contribution in [2.75, 3.05) is 18.9 Å². The Morgan fingerprint density at radius 3 is 2.55 bits per heavy atom. The summed E-state index contributed by atoms with van der Waals surface area (Å²) in [5, 5.41) is 37.7. The number of aliphatic carboxylic acids is 1. The van der Waals surface area contributed by atoms with E-state index >= 15 is 0 Å². The van der Waals surface area contributed by atoms with Crippen molar-refractivity contribution >= 4 is 37.0 Å². The maximum atomic E-state index is 14.2. The van der Waals surface area contributed by atoms with E-state index < -0.39 is 75.1 Å². The van der Waals surface area contributed by atoms with E-state index in [0.29, 0.717) is 0 Å². The number of nitriles is 1. The molecule has 3 heterocycles. The minimum Gasteiger partial charge on any atom is -0.481 e. The number of nitrogen functional groups attached to an aromatic ring is 1. The van der Waals surface area contributed by atoms with Gasteiger partial charge in [-0.3, -0.25) is 18.9 Å². The molecule has 17 nitrogen and oxygen atoms in total. The van der Waals surface area contributed by atoms with Crippen LogP contribution in [0.2, 0.25) is 0 Å². The van der Waals surface area contributed by atoms with Crippen LogP contribution in [-0.4, -0.2) is 80.3 Å². The second kappa shape index (κ2) is 16.2. The zero-order valence-corrected chi connectivity index (χ0v) is 28.0. The first-order valence-electron chi connectivity index (χ1n) is 15.6. The Hall–Kier alpha value is -4.59. The lowest BCUT2D eigenvalue weighted by Gasteiger charge is -2.26. The Morgan fingerprint density at radius 1 is 1.18 bits per heavy atom. The summed E-state index contributed by atoms with van der Waals surface area (Å²) in [5.74, 6) is -2.67. The van der Waals surface area contributed by atoms with Gasteiger partial charge in [-0.15, -0.1) is 0 Å². The number of carboxylic acids is 1. The van der Waals surface area contributed by atoms with Crippen molar-refractivity contribution in [2.24, 2.45) is 5.92 Å². The van der Waals surface area contributed by atoms with Crippen molar-refractivity contribution in [3.63, 3.8) is 0 Å². The van der Waals surface area contributed by atoms with Gasteiger partial charge in [-0.05, 0) is 37.1 Å². The number of anilines is 1. The first kappa shape index (κ1) is 37.2. The van der Waals surface area contributed by atoms with E-state index in [1.807, 2.05) is 19.9 Å². The van der Waals surface area contributed by atoms with Crippen molar-refractivity contribution in [2.45, 2.75) is 76.4 Å². The molecule has 4 rings (SSSR count). The molecule has 5 N–H and O–H groups in total. The number of carbonyl (C=O) groups excluding carboxylic acids is 2. The molecular weight excluding hydrogens is 663 g/mol. The van der Waals surface area contributed by atoms with Crippen molar-refractivity contribution in [1.29, 1.82) is 5.26 Å². The number of benzene rings is 1. The molecule has 6 atom stereocenters. The lowest BCUT2D eigenvalue weighted by molar-refractivity contribution is -0.158. The number of aliphatic hydroxyl groups is 1. The second-order valence-corrected chi connectivity index (χ2v) is 13.0. The lowest BCUT2D eigenvalue weighted by atomic mass is 9.92. The number of aliphatic hydroxyl groups excluding tert-OH is 1. The lowest BCUT2D eigenvalue weighted by Crippen LogP contribution is -2.43. The fourth-order valence-electron chi connectivity index (χ4n) is 5.12. The number of fused-ring (bicyclic) bond motifs is 1. The maximum absolute atomic E-state index is 14.2. The number of nitrogens with zero attached hydrogens (tertiary/aromatic N) is 4. The van der Waals surface area contributed by atoms with E-state index in [4.69, 9.17) is 34.1 Å². The summed E-state index contributed by atoms with van der Waals surface area (Å²) in [6.45, 7) is 4.80. The summed E-state index contributed by atoms with van der Waals surface area (Å²) >= 11 is 0. The van der Waals surface area contributed by atoms with Gasteiger partial charge in [-0.1, -0.05) is 44.9 Å². The Labute approximate surface area is 281 Å². The van der Waals surface area contributed by atoms with E-state index in [1.54, 1.807) is 18.2 Å². The molecule has 264 valence electrons. The molecule has 49 heavy (non-hydrogen) atoms. The van der Waals surface area contributed by atoms with E-state index in [0.717, 1.165) is 19.2 Å². The Morgan fingerprint density at radius 2 is 1.90 bits per heavy atom. The molecule has 1 saturated heterocycles. The Bertz CT molecular complexity index is 1710. The first-order chi connectivity index (χ1) is 23.4. The average molecular weight is 703 g/mol. The number of carbonyl (C=O) groups is 3. The molecule has 0 aliphatic carbocycles. The van der Waals surface area contributed by atoms with Crippen LogP contribution in [-0.2, 0) is 43.3 Å². The molecule has 0 bridgehead atoms. The SMILES string of the molecule is CCC(CC)COC(=O)C(C)NP(=O)(OCC1OC(C#N)(c2ccc3c(N)ncnn23)C(O)C1OC(=O)CCC(=O)O)Oc1ccccc1.